The average molecular weight is 326 g/mol. The summed E-state index contributed by atoms with van der Waals surface area (Å²) in [5, 5.41) is 16.7. The van der Waals surface area contributed by atoms with Crippen LogP contribution in [0.3, 0.4) is 0 Å². The van der Waals surface area contributed by atoms with E-state index in [2.05, 4.69) is 27.8 Å². The Kier molecular flexibility index (Phi) is 3.72. The number of benzene rings is 1. The zero-order valence-corrected chi connectivity index (χ0v) is 13.5. The van der Waals surface area contributed by atoms with Crippen LogP contribution in [0.25, 0.3) is 22.1 Å². The Bertz CT molecular complexity index is 790. The minimum absolute atomic E-state index is 0.537. The molecule has 3 heterocycles. The molecular weight excluding hydrogens is 308 g/mol. The molecule has 1 saturated heterocycles. The molecule has 5 nitrogen and oxygen atoms in total. The van der Waals surface area contributed by atoms with Crippen LogP contribution in [0.2, 0.25) is 0 Å². The van der Waals surface area contributed by atoms with Crippen LogP contribution in [-0.4, -0.2) is 38.3 Å². The molecule has 23 heavy (non-hydrogen) atoms. The molecule has 3 aromatic rings. The second kappa shape index (κ2) is 5.88. The second-order valence-electron chi connectivity index (χ2n) is 5.93. The molecular formula is C17H18N4OS. The lowest BCUT2D eigenvalue weighted by Crippen LogP contribution is -2.36. The highest BCUT2D eigenvalue weighted by molar-refractivity contribution is 7.13. The Labute approximate surface area is 138 Å². The van der Waals surface area contributed by atoms with Gasteiger partial charge in [-0.25, -0.2) is 9.97 Å². The summed E-state index contributed by atoms with van der Waals surface area (Å²) in [6.07, 6.45) is 4.44. The lowest BCUT2D eigenvalue weighted by Gasteiger charge is -2.22. The highest BCUT2D eigenvalue weighted by Gasteiger charge is 2.32. The highest BCUT2D eigenvalue weighted by atomic mass is 32.1. The van der Waals surface area contributed by atoms with Gasteiger partial charge in [0.25, 0.3) is 0 Å². The van der Waals surface area contributed by atoms with Gasteiger partial charge in [0, 0.05) is 29.9 Å². The first-order valence-corrected chi connectivity index (χ1v) is 8.57. The van der Waals surface area contributed by atoms with Crippen molar-refractivity contribution in [3.63, 3.8) is 0 Å². The van der Waals surface area contributed by atoms with E-state index >= 15 is 0 Å². The van der Waals surface area contributed by atoms with Crippen molar-refractivity contribution in [3.05, 3.63) is 48.1 Å². The lowest BCUT2D eigenvalue weighted by atomic mass is 10.0. The maximum Gasteiger partial charge on any atom is 0.169 e. The van der Waals surface area contributed by atoms with Crippen molar-refractivity contribution in [1.29, 1.82) is 0 Å². The normalized spacial score (nSPS) is 20.9. The minimum Gasteiger partial charge on any atom is -0.387 e. The third-order valence-corrected chi connectivity index (χ3v) is 5.00. The van der Waals surface area contributed by atoms with Crippen molar-refractivity contribution < 1.29 is 5.11 Å². The Morgan fingerprint density at radius 2 is 2.17 bits per heavy atom. The largest absolute Gasteiger partial charge is 0.387 e. The summed E-state index contributed by atoms with van der Waals surface area (Å²) in [4.78, 5) is 9.16. The Morgan fingerprint density at radius 3 is 2.96 bits per heavy atom. The number of β-amino-alcohol motifs (C(OH)–C–C–N with tert-alkyl or cyclic N) is 1. The molecule has 0 aliphatic carbocycles. The lowest BCUT2D eigenvalue weighted by molar-refractivity contribution is 0.0436. The summed E-state index contributed by atoms with van der Waals surface area (Å²) < 4.78 is 2.00. The van der Waals surface area contributed by atoms with Crippen LogP contribution in [0.4, 0.5) is 0 Å². The maximum absolute atomic E-state index is 10.6. The molecule has 1 atom stereocenters. The van der Waals surface area contributed by atoms with Gasteiger partial charge in [-0.1, -0.05) is 30.3 Å². The first-order chi connectivity index (χ1) is 11.2. The summed E-state index contributed by atoms with van der Waals surface area (Å²) in [5.41, 5.74) is 1.36. The summed E-state index contributed by atoms with van der Waals surface area (Å²) in [6, 6.07) is 10.1. The van der Waals surface area contributed by atoms with Crippen LogP contribution in [0.15, 0.2) is 48.1 Å². The summed E-state index contributed by atoms with van der Waals surface area (Å²) in [6.45, 7) is 2.02. The van der Waals surface area contributed by atoms with Gasteiger partial charge in [0.1, 0.15) is 0 Å². The van der Waals surface area contributed by atoms with Gasteiger partial charge in [0.2, 0.25) is 0 Å². The summed E-state index contributed by atoms with van der Waals surface area (Å²) in [5.74, 6) is 0.817. The van der Waals surface area contributed by atoms with Crippen LogP contribution in [-0.2, 0) is 6.54 Å². The zero-order chi connectivity index (χ0) is 15.7. The number of nitrogens with zero attached hydrogens (tertiary/aromatic N) is 3. The Balaban J connectivity index is 1.62. The summed E-state index contributed by atoms with van der Waals surface area (Å²) in [7, 11) is 0. The fourth-order valence-corrected chi connectivity index (χ4v) is 3.77. The third kappa shape index (κ3) is 2.93. The van der Waals surface area contributed by atoms with Crippen LogP contribution in [0.1, 0.15) is 6.42 Å². The minimum atomic E-state index is -0.699. The van der Waals surface area contributed by atoms with Gasteiger partial charge >= 0.3 is 0 Å². The van der Waals surface area contributed by atoms with Crippen molar-refractivity contribution in [2.24, 2.45) is 0 Å². The standard InChI is InChI=1S/C17H18N4OS/c22-17(6-7-18-11-17)12-21-9-8-19-15(21)16-20-14(10-23-16)13-4-2-1-3-5-13/h1-5,8-10,18,22H,6-7,11-12H2. The van der Waals surface area contributed by atoms with Crippen molar-refractivity contribution in [2.45, 2.75) is 18.6 Å². The van der Waals surface area contributed by atoms with E-state index in [4.69, 9.17) is 4.98 Å². The molecule has 1 aliphatic heterocycles. The Hall–Kier alpha value is -2.02. The van der Waals surface area contributed by atoms with Gasteiger partial charge in [0.05, 0.1) is 17.8 Å². The average Bonchev–Trinajstić information content (AvgIpc) is 3.29. The zero-order valence-electron chi connectivity index (χ0n) is 12.6. The first kappa shape index (κ1) is 14.6. The molecule has 0 amide bonds. The molecule has 4 rings (SSSR count). The molecule has 1 aromatic carbocycles. The number of aromatic nitrogens is 3. The van der Waals surface area contributed by atoms with Gasteiger partial charge in [0.15, 0.2) is 10.8 Å². The molecule has 6 heteroatoms. The van der Waals surface area contributed by atoms with Gasteiger partial charge in [-0.2, -0.15) is 0 Å². The molecule has 0 spiro atoms. The fraction of sp³-hybridized carbons (Fsp3) is 0.294. The van der Waals surface area contributed by atoms with E-state index in [0.717, 1.165) is 35.1 Å². The van der Waals surface area contributed by atoms with E-state index in [9.17, 15) is 5.11 Å². The van der Waals surface area contributed by atoms with Crippen LogP contribution < -0.4 is 5.32 Å². The third-order valence-electron chi connectivity index (χ3n) is 4.17. The van der Waals surface area contributed by atoms with Gasteiger partial charge in [-0.05, 0) is 13.0 Å². The molecule has 0 bridgehead atoms. The number of imidazole rings is 1. The predicted octanol–water partition coefficient (Wildman–Crippen LogP) is 2.40. The number of hydrogen-bond acceptors (Lipinski definition) is 5. The molecule has 2 N–H and O–H groups in total. The topological polar surface area (TPSA) is 63.0 Å². The fourth-order valence-electron chi connectivity index (χ4n) is 2.94. The predicted molar refractivity (Wildman–Crippen MR) is 91.2 cm³/mol. The Morgan fingerprint density at radius 1 is 1.30 bits per heavy atom. The van der Waals surface area contributed by atoms with Crippen molar-refractivity contribution in [2.75, 3.05) is 13.1 Å². The van der Waals surface area contributed by atoms with Gasteiger partial charge < -0.3 is 15.0 Å². The first-order valence-electron chi connectivity index (χ1n) is 7.69. The quantitative estimate of drug-likeness (QED) is 0.773. The summed E-state index contributed by atoms with van der Waals surface area (Å²) >= 11 is 1.58. The molecule has 0 radical (unpaired) electrons. The number of hydrogen-bond donors (Lipinski definition) is 2. The number of aliphatic hydroxyl groups is 1. The monoisotopic (exact) mass is 326 g/mol. The van der Waals surface area contributed by atoms with Crippen LogP contribution in [0.5, 0.6) is 0 Å². The highest BCUT2D eigenvalue weighted by Crippen LogP contribution is 2.29. The molecule has 1 fully saturated rings. The van der Waals surface area contributed by atoms with E-state index in [1.165, 1.54) is 0 Å². The molecule has 1 unspecified atom stereocenters. The van der Waals surface area contributed by atoms with Crippen molar-refractivity contribution in [1.82, 2.24) is 19.9 Å². The second-order valence-corrected chi connectivity index (χ2v) is 6.79. The van der Waals surface area contributed by atoms with Crippen molar-refractivity contribution >= 4 is 11.3 Å². The number of rotatable bonds is 4. The number of thiazole rings is 1. The van der Waals surface area contributed by atoms with E-state index < -0.39 is 5.60 Å². The van der Waals surface area contributed by atoms with E-state index in [1.807, 2.05) is 29.0 Å². The van der Waals surface area contributed by atoms with E-state index in [1.54, 1.807) is 17.5 Å². The van der Waals surface area contributed by atoms with Gasteiger partial charge in [-0.3, -0.25) is 0 Å². The van der Waals surface area contributed by atoms with E-state index in [0.29, 0.717) is 13.1 Å². The molecule has 2 aromatic heterocycles. The van der Waals surface area contributed by atoms with Crippen molar-refractivity contribution in [3.8, 4) is 22.1 Å². The van der Waals surface area contributed by atoms with Crippen LogP contribution in [0, 0.1) is 0 Å². The smallest absolute Gasteiger partial charge is 0.169 e. The SMILES string of the molecule is OC1(Cn2ccnc2-c2nc(-c3ccccc3)cs2)CCNC1. The van der Waals surface area contributed by atoms with Crippen LogP contribution >= 0.6 is 11.3 Å². The van der Waals surface area contributed by atoms with Gasteiger partial charge in [-0.15, -0.1) is 11.3 Å². The number of nitrogens with one attached hydrogen (secondary N) is 1. The van der Waals surface area contributed by atoms with E-state index in [-0.39, 0.29) is 0 Å². The molecule has 1 aliphatic rings. The maximum atomic E-state index is 10.6. The molecule has 0 saturated carbocycles. The molecule has 118 valence electrons.